The van der Waals surface area contributed by atoms with Crippen LogP contribution >= 0.6 is 0 Å². The van der Waals surface area contributed by atoms with E-state index in [-0.39, 0.29) is 22.4 Å². The predicted molar refractivity (Wildman–Crippen MR) is 99.2 cm³/mol. The molecule has 1 heterocycles. The number of hydrogen-bond acceptors (Lipinski definition) is 3. The molecule has 30 heavy (non-hydrogen) atoms. The van der Waals surface area contributed by atoms with E-state index in [1.807, 2.05) is 0 Å². The summed E-state index contributed by atoms with van der Waals surface area (Å²) < 4.78 is 55.6. The maximum Gasteiger partial charge on any atom is 0.256 e. The van der Waals surface area contributed by atoms with Crippen LogP contribution in [0.4, 0.5) is 17.6 Å². The summed E-state index contributed by atoms with van der Waals surface area (Å²) in [5.74, 6) is -5.52. The molecular weight excluding hydrogens is 404 g/mol. The van der Waals surface area contributed by atoms with E-state index in [9.17, 15) is 27.2 Å². The normalized spacial score (nSPS) is 11.8. The number of aromatic nitrogens is 2. The van der Waals surface area contributed by atoms with Crippen molar-refractivity contribution in [3.8, 4) is 11.3 Å². The van der Waals surface area contributed by atoms with Gasteiger partial charge in [-0.1, -0.05) is 6.07 Å². The first-order valence-electron chi connectivity index (χ1n) is 8.67. The van der Waals surface area contributed by atoms with Crippen molar-refractivity contribution < 1.29 is 27.2 Å². The van der Waals surface area contributed by atoms with Crippen LogP contribution in [0.5, 0.6) is 0 Å². The summed E-state index contributed by atoms with van der Waals surface area (Å²) in [5.41, 5.74) is -0.292. The molecule has 3 rings (SSSR count). The molecule has 0 spiro atoms. The molecule has 10 heteroatoms. The van der Waals surface area contributed by atoms with E-state index >= 15 is 0 Å². The molecule has 2 N–H and O–H groups in total. The van der Waals surface area contributed by atoms with Crippen molar-refractivity contribution in [2.75, 3.05) is 7.05 Å². The Morgan fingerprint density at radius 1 is 1.00 bits per heavy atom. The third-order valence-corrected chi connectivity index (χ3v) is 4.32. The molecule has 0 saturated carbocycles. The average molecular weight is 420 g/mol. The van der Waals surface area contributed by atoms with Gasteiger partial charge in [0.25, 0.3) is 5.91 Å². The van der Waals surface area contributed by atoms with E-state index in [4.69, 9.17) is 0 Å². The number of carbonyl (C=O) groups is 2. The van der Waals surface area contributed by atoms with Crippen molar-refractivity contribution in [3.05, 3.63) is 77.0 Å². The summed E-state index contributed by atoms with van der Waals surface area (Å²) in [6.45, 7) is 0. The van der Waals surface area contributed by atoms with Gasteiger partial charge in [-0.25, -0.2) is 17.6 Å². The van der Waals surface area contributed by atoms with Gasteiger partial charge in [-0.15, -0.1) is 0 Å². The highest BCUT2D eigenvalue weighted by molar-refractivity contribution is 6.02. The standard InChI is InChI=1S/C20H16F4N4O2/c1-25-20(30)17(10-3-6-14(22)16(24)7-10)26-19(29)13-9-28(2)27-18(13)12-5-4-11(21)8-15(12)23/h3-9,17H,1-2H3,(H,25,30)(H,26,29). The van der Waals surface area contributed by atoms with Crippen LogP contribution in [0.1, 0.15) is 22.0 Å². The van der Waals surface area contributed by atoms with Crippen LogP contribution in [0.2, 0.25) is 0 Å². The third-order valence-electron chi connectivity index (χ3n) is 4.32. The Bertz CT molecular complexity index is 1130. The molecule has 0 bridgehead atoms. The first-order valence-corrected chi connectivity index (χ1v) is 8.67. The number of aryl methyl sites for hydroxylation is 1. The van der Waals surface area contributed by atoms with E-state index in [0.717, 1.165) is 30.3 Å². The fourth-order valence-corrected chi connectivity index (χ4v) is 2.88. The third kappa shape index (κ3) is 4.17. The second kappa shape index (κ2) is 8.36. The predicted octanol–water partition coefficient (Wildman–Crippen LogP) is 2.86. The Balaban J connectivity index is 1.99. The van der Waals surface area contributed by atoms with E-state index < -0.39 is 41.1 Å². The zero-order valence-electron chi connectivity index (χ0n) is 15.8. The molecule has 0 aliphatic carbocycles. The van der Waals surface area contributed by atoms with E-state index in [1.54, 1.807) is 0 Å². The minimum absolute atomic E-state index is 0.00000282. The van der Waals surface area contributed by atoms with Crippen molar-refractivity contribution in [2.45, 2.75) is 6.04 Å². The van der Waals surface area contributed by atoms with Crippen LogP contribution in [0.25, 0.3) is 11.3 Å². The van der Waals surface area contributed by atoms with Gasteiger partial charge in [0.2, 0.25) is 5.91 Å². The van der Waals surface area contributed by atoms with Gasteiger partial charge < -0.3 is 10.6 Å². The number of likely N-dealkylation sites (N-methyl/N-ethyl adjacent to an activating group) is 1. The van der Waals surface area contributed by atoms with Crippen LogP contribution in [0.3, 0.4) is 0 Å². The van der Waals surface area contributed by atoms with E-state index in [1.165, 1.54) is 25.0 Å². The van der Waals surface area contributed by atoms with Crippen molar-refractivity contribution in [2.24, 2.45) is 7.05 Å². The molecule has 1 aromatic heterocycles. The fourth-order valence-electron chi connectivity index (χ4n) is 2.88. The van der Waals surface area contributed by atoms with Crippen molar-refractivity contribution in [1.82, 2.24) is 20.4 Å². The molecule has 0 aliphatic rings. The smallest absolute Gasteiger partial charge is 0.256 e. The quantitative estimate of drug-likeness (QED) is 0.624. The second-order valence-electron chi connectivity index (χ2n) is 6.38. The minimum Gasteiger partial charge on any atom is -0.357 e. The van der Waals surface area contributed by atoms with E-state index in [0.29, 0.717) is 6.07 Å². The monoisotopic (exact) mass is 420 g/mol. The van der Waals surface area contributed by atoms with Crippen LogP contribution in [0.15, 0.2) is 42.6 Å². The summed E-state index contributed by atoms with van der Waals surface area (Å²) >= 11 is 0. The highest BCUT2D eigenvalue weighted by atomic mass is 19.2. The SMILES string of the molecule is CNC(=O)C(NC(=O)c1cn(C)nc1-c1ccc(F)cc1F)c1ccc(F)c(F)c1. The molecule has 2 amide bonds. The van der Waals surface area contributed by atoms with Gasteiger partial charge in [-0.2, -0.15) is 5.10 Å². The number of carbonyl (C=O) groups excluding carboxylic acids is 2. The number of halogens is 4. The number of benzene rings is 2. The zero-order valence-corrected chi connectivity index (χ0v) is 15.8. The zero-order chi connectivity index (χ0) is 22.0. The summed E-state index contributed by atoms with van der Waals surface area (Å²) in [4.78, 5) is 25.1. The first-order chi connectivity index (χ1) is 14.2. The van der Waals surface area contributed by atoms with Crippen molar-refractivity contribution >= 4 is 11.8 Å². The lowest BCUT2D eigenvalue weighted by Crippen LogP contribution is -2.39. The largest absolute Gasteiger partial charge is 0.357 e. The fraction of sp³-hybridized carbons (Fsp3) is 0.150. The van der Waals surface area contributed by atoms with Crippen molar-refractivity contribution in [3.63, 3.8) is 0 Å². The Hall–Kier alpha value is -3.69. The van der Waals surface area contributed by atoms with Gasteiger partial charge in [-0.3, -0.25) is 14.3 Å². The Morgan fingerprint density at radius 2 is 1.73 bits per heavy atom. The van der Waals surface area contributed by atoms with Crippen LogP contribution in [-0.4, -0.2) is 28.6 Å². The molecule has 2 aromatic carbocycles. The Kier molecular flexibility index (Phi) is 5.86. The number of amides is 2. The first kappa shape index (κ1) is 21.0. The summed E-state index contributed by atoms with van der Waals surface area (Å²) in [6, 6.07) is 4.22. The molecule has 3 aromatic rings. The molecule has 0 saturated heterocycles. The summed E-state index contributed by atoms with van der Waals surface area (Å²) in [7, 11) is 2.80. The second-order valence-corrected chi connectivity index (χ2v) is 6.38. The average Bonchev–Trinajstić information content (AvgIpc) is 3.09. The summed E-state index contributed by atoms with van der Waals surface area (Å²) in [6.07, 6.45) is 1.29. The van der Waals surface area contributed by atoms with Crippen molar-refractivity contribution in [1.29, 1.82) is 0 Å². The molecule has 1 unspecified atom stereocenters. The molecule has 0 aliphatic heterocycles. The molecule has 0 fully saturated rings. The topological polar surface area (TPSA) is 76.0 Å². The lowest BCUT2D eigenvalue weighted by molar-refractivity contribution is -0.122. The van der Waals surface area contributed by atoms with Gasteiger partial charge in [-0.05, 0) is 29.8 Å². The lowest BCUT2D eigenvalue weighted by Gasteiger charge is -2.18. The highest BCUT2D eigenvalue weighted by Gasteiger charge is 2.27. The van der Waals surface area contributed by atoms with Crippen LogP contribution in [0, 0.1) is 23.3 Å². The molecule has 0 radical (unpaired) electrons. The van der Waals surface area contributed by atoms with Gasteiger partial charge in [0.1, 0.15) is 23.4 Å². The van der Waals surface area contributed by atoms with Gasteiger partial charge in [0.05, 0.1) is 5.56 Å². The van der Waals surface area contributed by atoms with Crippen LogP contribution in [-0.2, 0) is 11.8 Å². The van der Waals surface area contributed by atoms with Gasteiger partial charge in [0.15, 0.2) is 11.6 Å². The number of rotatable bonds is 5. The van der Waals surface area contributed by atoms with E-state index in [2.05, 4.69) is 15.7 Å². The number of nitrogens with one attached hydrogen (secondary N) is 2. The maximum atomic E-state index is 14.2. The van der Waals surface area contributed by atoms with Gasteiger partial charge in [0, 0.05) is 31.9 Å². The maximum absolute atomic E-state index is 14.2. The molecule has 1 atom stereocenters. The minimum atomic E-state index is -1.36. The molecular formula is C20H16F4N4O2. The van der Waals surface area contributed by atoms with Gasteiger partial charge >= 0.3 is 0 Å². The lowest BCUT2D eigenvalue weighted by atomic mass is 10.0. The number of nitrogens with zero attached hydrogens (tertiary/aromatic N) is 2. The Labute approximate surface area is 168 Å². The molecule has 6 nitrogen and oxygen atoms in total. The highest BCUT2D eigenvalue weighted by Crippen LogP contribution is 2.26. The number of hydrogen-bond donors (Lipinski definition) is 2. The van der Waals surface area contributed by atoms with Crippen LogP contribution < -0.4 is 10.6 Å². The molecule has 156 valence electrons. The summed E-state index contributed by atoms with van der Waals surface area (Å²) in [5, 5.41) is 8.79. The Morgan fingerprint density at radius 3 is 2.37 bits per heavy atom.